The fourth-order valence-corrected chi connectivity index (χ4v) is 8.59. The molecule has 3 heteroatoms. The van der Waals surface area contributed by atoms with Crippen LogP contribution in [0.3, 0.4) is 0 Å². The van der Waals surface area contributed by atoms with Gasteiger partial charge < -0.3 is 9.67 Å². The van der Waals surface area contributed by atoms with Gasteiger partial charge in [0.25, 0.3) is 0 Å². The van der Waals surface area contributed by atoms with Crippen LogP contribution in [0.1, 0.15) is 51.2 Å². The third kappa shape index (κ3) is 6.23. The lowest BCUT2D eigenvalue weighted by Crippen LogP contribution is -2.26. The second-order valence-electron chi connectivity index (χ2n) is 11.5. The smallest absolute Gasteiger partial charge is 0.170 e. The maximum absolute atomic E-state index is 16.1. The van der Waals surface area contributed by atoms with Crippen LogP contribution in [0, 0.1) is 17.3 Å². The zero-order chi connectivity index (χ0) is 28.9. The fraction of sp³-hybridized carbons (Fsp3) is 0.211. The van der Waals surface area contributed by atoms with E-state index < -0.39 is 13.2 Å². The predicted molar refractivity (Wildman–Crippen MR) is 173 cm³/mol. The number of hydrogen-bond acceptors (Lipinski definition) is 2. The lowest BCUT2D eigenvalue weighted by Gasteiger charge is -2.30. The second-order valence-corrected chi connectivity index (χ2v) is 14.3. The molecule has 0 saturated carbocycles. The summed E-state index contributed by atoms with van der Waals surface area (Å²) in [7, 11) is -3.56. The van der Waals surface area contributed by atoms with Gasteiger partial charge in [0.15, 0.2) is 7.14 Å². The van der Waals surface area contributed by atoms with Gasteiger partial charge in [-0.25, -0.2) is 0 Å². The Morgan fingerprint density at radius 1 is 0.707 bits per heavy atom. The van der Waals surface area contributed by atoms with Gasteiger partial charge in [0, 0.05) is 26.9 Å². The van der Waals surface area contributed by atoms with E-state index in [9.17, 15) is 5.11 Å². The first kappa shape index (κ1) is 28.6. The minimum atomic E-state index is -3.56. The highest BCUT2D eigenvalue weighted by Gasteiger charge is 2.41. The van der Waals surface area contributed by atoms with E-state index in [1.807, 2.05) is 121 Å². The van der Waals surface area contributed by atoms with Crippen molar-refractivity contribution < 1.29 is 9.67 Å². The molecule has 1 aliphatic carbocycles. The van der Waals surface area contributed by atoms with Crippen LogP contribution in [-0.2, 0) is 4.57 Å². The van der Waals surface area contributed by atoms with Gasteiger partial charge in [0.05, 0.1) is 0 Å². The van der Waals surface area contributed by atoms with Crippen molar-refractivity contribution in [3.63, 3.8) is 0 Å². The summed E-state index contributed by atoms with van der Waals surface area (Å²) in [4.78, 5) is 0. The molecule has 41 heavy (non-hydrogen) atoms. The predicted octanol–water partition coefficient (Wildman–Crippen LogP) is 8.35. The molecule has 0 spiro atoms. The number of benzene rings is 4. The summed E-state index contributed by atoms with van der Waals surface area (Å²) in [5, 5.41) is 14.5. The van der Waals surface area contributed by atoms with Crippen LogP contribution >= 0.6 is 7.14 Å². The van der Waals surface area contributed by atoms with Crippen LogP contribution in [0.5, 0.6) is 0 Å². The van der Waals surface area contributed by atoms with Crippen molar-refractivity contribution >= 4 is 23.3 Å². The highest BCUT2D eigenvalue weighted by Crippen LogP contribution is 2.58. The van der Waals surface area contributed by atoms with Crippen molar-refractivity contribution in [2.75, 3.05) is 0 Å². The number of aliphatic hydroxyl groups is 1. The first-order valence-corrected chi connectivity index (χ1v) is 16.0. The Balaban J connectivity index is 1.92. The van der Waals surface area contributed by atoms with Crippen LogP contribution in [0.25, 0.3) is 5.57 Å². The first-order chi connectivity index (χ1) is 19.8. The Hall–Kier alpha value is -3.89. The van der Waals surface area contributed by atoms with Crippen molar-refractivity contribution in [2.24, 2.45) is 5.41 Å². The van der Waals surface area contributed by atoms with Gasteiger partial charge in [-0.15, -0.1) is 0 Å². The van der Waals surface area contributed by atoms with Gasteiger partial charge in [0.2, 0.25) is 0 Å². The molecule has 0 bridgehead atoms. The van der Waals surface area contributed by atoms with E-state index >= 15 is 4.57 Å². The molecule has 1 aliphatic rings. The molecule has 0 aromatic heterocycles. The molecule has 4 aromatic rings. The van der Waals surface area contributed by atoms with Crippen LogP contribution in [0.2, 0.25) is 0 Å². The average Bonchev–Trinajstić information content (AvgIpc) is 3.48. The number of allylic oxidation sites excluding steroid dienone is 1. The molecule has 1 unspecified atom stereocenters. The largest absolute Gasteiger partial charge is 0.384 e. The van der Waals surface area contributed by atoms with E-state index in [1.54, 1.807) is 0 Å². The van der Waals surface area contributed by atoms with Crippen LogP contribution in [0.4, 0.5) is 0 Å². The Labute approximate surface area is 244 Å². The number of rotatable bonds is 7. The zero-order valence-corrected chi connectivity index (χ0v) is 24.9. The molecular formula is C38H37O2P. The van der Waals surface area contributed by atoms with Crippen molar-refractivity contribution in [1.82, 2.24) is 0 Å². The summed E-state index contributed by atoms with van der Waals surface area (Å²) >= 11 is 0. The third-order valence-electron chi connectivity index (χ3n) is 7.40. The summed E-state index contributed by atoms with van der Waals surface area (Å²) in [5.41, 5.74) is 4.33. The molecule has 0 aliphatic heterocycles. The SMILES string of the molecule is CC(C)(C)C#CC1=C(C(O)C(=C(c2ccccc2)c2ccccc2)P(=O)(c2ccccc2)c2ccccc2)CCC1. The van der Waals surface area contributed by atoms with Gasteiger partial charge in [-0.3, -0.25) is 0 Å². The summed E-state index contributed by atoms with van der Waals surface area (Å²) in [6.45, 7) is 6.29. The number of hydrogen-bond donors (Lipinski definition) is 1. The Morgan fingerprint density at radius 2 is 1.15 bits per heavy atom. The Morgan fingerprint density at radius 3 is 1.59 bits per heavy atom. The van der Waals surface area contributed by atoms with Crippen molar-refractivity contribution in [2.45, 2.75) is 46.1 Å². The molecule has 0 amide bonds. The minimum absolute atomic E-state index is 0.160. The van der Waals surface area contributed by atoms with Gasteiger partial charge in [-0.05, 0) is 62.3 Å². The van der Waals surface area contributed by atoms with E-state index in [0.29, 0.717) is 15.9 Å². The van der Waals surface area contributed by atoms with E-state index in [4.69, 9.17) is 0 Å². The van der Waals surface area contributed by atoms with Crippen molar-refractivity contribution in [1.29, 1.82) is 0 Å². The highest BCUT2D eigenvalue weighted by molar-refractivity contribution is 7.82. The lowest BCUT2D eigenvalue weighted by atomic mass is 9.93. The zero-order valence-electron chi connectivity index (χ0n) is 24.0. The maximum Gasteiger partial charge on any atom is 0.170 e. The molecule has 0 heterocycles. The standard InChI is InChI=1S/C38H37O2P/c1-38(2,3)28-27-29-21-16-26-34(29)36(39)37(35(30-17-8-4-9-18-30)31-19-10-5-11-20-31)41(40,32-22-12-6-13-23-32)33-24-14-7-15-25-33/h4-15,17-20,22-25,36,39H,16,21,26H2,1-3H3. The molecule has 4 aromatic carbocycles. The number of aliphatic hydroxyl groups excluding tert-OH is 1. The van der Waals surface area contributed by atoms with Crippen LogP contribution in [-0.4, -0.2) is 11.2 Å². The molecule has 0 radical (unpaired) electrons. The topological polar surface area (TPSA) is 37.3 Å². The molecule has 1 N–H and O–H groups in total. The lowest BCUT2D eigenvalue weighted by molar-refractivity contribution is 0.251. The van der Waals surface area contributed by atoms with Crippen LogP contribution in [0.15, 0.2) is 138 Å². The first-order valence-electron chi connectivity index (χ1n) is 14.3. The van der Waals surface area contributed by atoms with E-state index in [1.165, 1.54) is 0 Å². The monoisotopic (exact) mass is 556 g/mol. The fourth-order valence-electron chi connectivity index (χ4n) is 5.48. The Bertz CT molecular complexity index is 1570. The summed E-state index contributed by atoms with van der Waals surface area (Å²) in [6, 6.07) is 39.4. The van der Waals surface area contributed by atoms with Gasteiger partial charge in [-0.2, -0.15) is 0 Å². The molecule has 206 valence electrons. The van der Waals surface area contributed by atoms with Crippen molar-refractivity contribution in [3.8, 4) is 11.8 Å². The van der Waals surface area contributed by atoms with Gasteiger partial charge in [-0.1, -0.05) is 133 Å². The van der Waals surface area contributed by atoms with E-state index in [0.717, 1.165) is 47.1 Å². The molecule has 0 saturated heterocycles. The highest BCUT2D eigenvalue weighted by atomic mass is 31.2. The molecular weight excluding hydrogens is 519 g/mol. The summed E-state index contributed by atoms with van der Waals surface area (Å²) < 4.78 is 16.1. The van der Waals surface area contributed by atoms with Crippen LogP contribution < -0.4 is 10.6 Å². The summed E-state index contributed by atoms with van der Waals surface area (Å²) in [5.74, 6) is 6.79. The van der Waals surface area contributed by atoms with Gasteiger partial charge >= 0.3 is 0 Å². The molecule has 0 fully saturated rings. The third-order valence-corrected chi connectivity index (χ3v) is 10.6. The molecule has 5 rings (SSSR count). The quantitative estimate of drug-likeness (QED) is 0.183. The van der Waals surface area contributed by atoms with Gasteiger partial charge in [0.1, 0.15) is 6.10 Å². The van der Waals surface area contributed by atoms with Crippen molar-refractivity contribution in [3.05, 3.63) is 149 Å². The average molecular weight is 557 g/mol. The van der Waals surface area contributed by atoms with E-state index in [-0.39, 0.29) is 5.41 Å². The maximum atomic E-state index is 16.1. The Kier molecular flexibility index (Phi) is 8.60. The molecule has 2 nitrogen and oxygen atoms in total. The molecule has 1 atom stereocenters. The summed E-state index contributed by atoms with van der Waals surface area (Å²) in [6.07, 6.45) is 1.39. The normalized spacial score (nSPS) is 14.2. The minimum Gasteiger partial charge on any atom is -0.384 e. The second kappa shape index (κ2) is 12.3. The van der Waals surface area contributed by atoms with E-state index in [2.05, 4.69) is 32.6 Å².